The largest absolute Gasteiger partial charge is 0.390 e. The van der Waals surface area contributed by atoms with Crippen molar-refractivity contribution in [3.05, 3.63) is 52.1 Å². The van der Waals surface area contributed by atoms with E-state index in [1.54, 1.807) is 19.9 Å². The van der Waals surface area contributed by atoms with Crippen molar-refractivity contribution < 1.29 is 27.5 Å². The van der Waals surface area contributed by atoms with Crippen LogP contribution in [0.2, 0.25) is 0 Å². The molecule has 0 radical (unpaired) electrons. The van der Waals surface area contributed by atoms with Gasteiger partial charge in [-0.1, -0.05) is 0 Å². The molecule has 2 amide bonds. The van der Waals surface area contributed by atoms with Gasteiger partial charge < -0.3 is 20.7 Å². The molecule has 34 heavy (non-hydrogen) atoms. The molecule has 1 aromatic heterocycles. The first-order valence-corrected chi connectivity index (χ1v) is 12.8. The van der Waals surface area contributed by atoms with E-state index in [9.17, 15) is 27.5 Å². The molecule has 182 valence electrons. The fourth-order valence-corrected chi connectivity index (χ4v) is 5.58. The van der Waals surface area contributed by atoms with Crippen LogP contribution in [0.5, 0.6) is 0 Å². The first kappa shape index (κ1) is 24.1. The number of hydrogen-bond donors (Lipinski definition) is 4. The summed E-state index contributed by atoms with van der Waals surface area (Å²) in [6.45, 7) is 4.48. The lowest BCUT2D eigenvalue weighted by Gasteiger charge is -2.28. The summed E-state index contributed by atoms with van der Waals surface area (Å²) in [6, 6.07) is 4.07. The zero-order chi connectivity index (χ0) is 24.6. The summed E-state index contributed by atoms with van der Waals surface area (Å²) in [5.74, 6) is -1.04. The predicted octanol–water partition coefficient (Wildman–Crippen LogP) is 1.08. The fraction of sp³-hybridized carbons (Fsp3) is 0.391. The predicted molar refractivity (Wildman–Crippen MR) is 127 cm³/mol. The van der Waals surface area contributed by atoms with E-state index >= 15 is 0 Å². The molecule has 1 aromatic carbocycles. The number of hydrogen-bond acceptors (Lipinski definition) is 6. The fourth-order valence-electron chi connectivity index (χ4n) is 4.30. The molecule has 0 saturated carbocycles. The van der Waals surface area contributed by atoms with Crippen molar-refractivity contribution in [1.29, 1.82) is 0 Å². The maximum Gasteiger partial charge on any atom is 0.256 e. The van der Waals surface area contributed by atoms with Crippen LogP contribution in [0.15, 0.2) is 18.2 Å². The van der Waals surface area contributed by atoms with Gasteiger partial charge in [-0.05, 0) is 43.7 Å². The smallest absolute Gasteiger partial charge is 0.256 e. The monoisotopic (exact) mass is 490 g/mol. The lowest BCUT2D eigenvalue weighted by Crippen LogP contribution is -2.46. The molecule has 4 N–H and O–H groups in total. The van der Waals surface area contributed by atoms with E-state index in [2.05, 4.69) is 15.6 Å². The molecule has 0 aliphatic carbocycles. The third kappa shape index (κ3) is 5.06. The van der Waals surface area contributed by atoms with Crippen molar-refractivity contribution >= 4 is 39.0 Å². The number of benzene rings is 1. The Morgan fingerprint density at radius 1 is 1.29 bits per heavy atom. The molecular weight excluding hydrogens is 463 g/mol. The molecule has 0 spiro atoms. The minimum absolute atomic E-state index is 0.0115. The number of aliphatic hydroxyl groups excluding tert-OH is 1. The van der Waals surface area contributed by atoms with Crippen molar-refractivity contribution in [3.63, 3.8) is 0 Å². The SMILES string of the molecule is Cc1[nH]c(C=C2C(=O)Nc3ccc(F)cc32)c(C)c1C(=O)NC[C@H](O)CN1CCS(=O)(=O)CC1. The number of aliphatic hydroxyl groups is 1. The van der Waals surface area contributed by atoms with Gasteiger partial charge in [-0.15, -0.1) is 0 Å². The number of anilines is 1. The summed E-state index contributed by atoms with van der Waals surface area (Å²) >= 11 is 0. The number of halogens is 1. The second-order valence-electron chi connectivity index (χ2n) is 8.68. The number of carbonyl (C=O) groups excluding carboxylic acids is 2. The third-order valence-corrected chi connectivity index (χ3v) is 7.77. The van der Waals surface area contributed by atoms with Crippen LogP contribution >= 0.6 is 0 Å². The van der Waals surface area contributed by atoms with E-state index < -0.39 is 21.8 Å². The van der Waals surface area contributed by atoms with Crippen LogP contribution < -0.4 is 10.6 Å². The average Bonchev–Trinajstić information content (AvgIpc) is 3.23. The summed E-state index contributed by atoms with van der Waals surface area (Å²) in [7, 11) is -3.00. The van der Waals surface area contributed by atoms with Gasteiger partial charge in [0.05, 0.1) is 28.7 Å². The van der Waals surface area contributed by atoms with Crippen LogP contribution in [0.25, 0.3) is 11.6 Å². The Morgan fingerprint density at radius 3 is 2.71 bits per heavy atom. The number of aromatic amines is 1. The Labute approximate surface area is 197 Å². The van der Waals surface area contributed by atoms with Crippen LogP contribution in [0.1, 0.15) is 32.9 Å². The molecule has 0 unspecified atom stereocenters. The number of aryl methyl sites for hydroxylation is 1. The normalized spacial score (nSPS) is 19.6. The number of H-pyrrole nitrogens is 1. The van der Waals surface area contributed by atoms with Crippen molar-refractivity contribution in [2.45, 2.75) is 20.0 Å². The van der Waals surface area contributed by atoms with E-state index in [1.807, 2.05) is 4.90 Å². The number of fused-ring (bicyclic) bond motifs is 1. The first-order chi connectivity index (χ1) is 16.0. The molecule has 1 saturated heterocycles. The van der Waals surface area contributed by atoms with Crippen LogP contribution in [-0.2, 0) is 14.6 Å². The van der Waals surface area contributed by atoms with Crippen molar-refractivity contribution in [2.75, 3.05) is 43.0 Å². The molecule has 11 heteroatoms. The average molecular weight is 491 g/mol. The lowest BCUT2D eigenvalue weighted by molar-refractivity contribution is -0.110. The number of nitrogens with one attached hydrogen (secondary N) is 3. The summed E-state index contributed by atoms with van der Waals surface area (Å²) in [4.78, 5) is 30.2. The Bertz CT molecular complexity index is 1270. The highest BCUT2D eigenvalue weighted by molar-refractivity contribution is 7.91. The molecule has 9 nitrogen and oxygen atoms in total. The third-order valence-electron chi connectivity index (χ3n) is 6.16. The Balaban J connectivity index is 1.44. The number of rotatable bonds is 6. The number of carbonyl (C=O) groups is 2. The van der Waals surface area contributed by atoms with E-state index in [-0.39, 0.29) is 36.4 Å². The topological polar surface area (TPSA) is 132 Å². The summed E-state index contributed by atoms with van der Waals surface area (Å²) in [6.07, 6.45) is 0.748. The zero-order valence-corrected chi connectivity index (χ0v) is 19.8. The molecule has 2 aliphatic heterocycles. The van der Waals surface area contributed by atoms with Gasteiger partial charge in [0.2, 0.25) is 0 Å². The van der Waals surface area contributed by atoms with Gasteiger partial charge in [0.1, 0.15) is 5.82 Å². The molecule has 2 aromatic rings. The number of amides is 2. The summed E-state index contributed by atoms with van der Waals surface area (Å²) < 4.78 is 36.8. The highest BCUT2D eigenvalue weighted by Crippen LogP contribution is 2.34. The molecular formula is C23H27FN4O5S. The maximum atomic E-state index is 13.7. The van der Waals surface area contributed by atoms with Gasteiger partial charge in [0, 0.05) is 48.8 Å². The molecule has 1 atom stereocenters. The quantitative estimate of drug-likeness (QED) is 0.448. The second-order valence-corrected chi connectivity index (χ2v) is 11.0. The van der Waals surface area contributed by atoms with E-state index in [0.29, 0.717) is 52.4 Å². The van der Waals surface area contributed by atoms with Crippen LogP contribution in [0, 0.1) is 19.7 Å². The Kier molecular flexibility index (Phi) is 6.61. The molecule has 3 heterocycles. The van der Waals surface area contributed by atoms with E-state index in [1.165, 1.54) is 18.2 Å². The van der Waals surface area contributed by atoms with Gasteiger partial charge in [0.15, 0.2) is 9.84 Å². The summed E-state index contributed by atoms with van der Waals surface area (Å²) in [5.41, 5.74) is 3.45. The van der Waals surface area contributed by atoms with Gasteiger partial charge in [-0.3, -0.25) is 14.5 Å². The molecule has 2 aliphatic rings. The highest BCUT2D eigenvalue weighted by Gasteiger charge is 2.27. The molecule has 1 fully saturated rings. The van der Waals surface area contributed by atoms with Gasteiger partial charge >= 0.3 is 0 Å². The van der Waals surface area contributed by atoms with Crippen LogP contribution in [0.4, 0.5) is 10.1 Å². The molecule has 4 rings (SSSR count). The molecule has 0 bridgehead atoms. The second kappa shape index (κ2) is 9.32. The van der Waals surface area contributed by atoms with Gasteiger partial charge in [0.25, 0.3) is 11.8 Å². The Morgan fingerprint density at radius 2 is 2.00 bits per heavy atom. The van der Waals surface area contributed by atoms with Gasteiger partial charge in [-0.2, -0.15) is 0 Å². The van der Waals surface area contributed by atoms with E-state index in [0.717, 1.165) is 0 Å². The van der Waals surface area contributed by atoms with Gasteiger partial charge in [-0.25, -0.2) is 12.8 Å². The maximum absolute atomic E-state index is 13.7. The lowest BCUT2D eigenvalue weighted by atomic mass is 10.0. The number of nitrogens with zero attached hydrogens (tertiary/aromatic N) is 1. The van der Waals surface area contributed by atoms with Crippen molar-refractivity contribution in [2.24, 2.45) is 0 Å². The Hall–Kier alpha value is -3.02. The number of sulfone groups is 1. The first-order valence-electron chi connectivity index (χ1n) is 11.0. The number of β-amino-alcohol motifs (C(OH)–C–C–N with tert-alkyl or cyclic N) is 1. The van der Waals surface area contributed by atoms with E-state index in [4.69, 9.17) is 0 Å². The zero-order valence-electron chi connectivity index (χ0n) is 18.9. The van der Waals surface area contributed by atoms with Crippen molar-refractivity contribution in [1.82, 2.24) is 15.2 Å². The highest BCUT2D eigenvalue weighted by atomic mass is 32.2. The van der Waals surface area contributed by atoms with Crippen molar-refractivity contribution in [3.8, 4) is 0 Å². The number of aromatic nitrogens is 1. The summed E-state index contributed by atoms with van der Waals surface area (Å²) in [5, 5.41) is 15.7. The van der Waals surface area contributed by atoms with Crippen LogP contribution in [-0.4, -0.2) is 79.0 Å². The minimum Gasteiger partial charge on any atom is -0.390 e. The minimum atomic E-state index is -3.00. The van der Waals surface area contributed by atoms with Crippen LogP contribution in [0.3, 0.4) is 0 Å². The standard InChI is InChI=1S/C23H27FN4O5S/c1-13-20(10-18-17-9-15(24)3-4-19(17)27-22(18)30)26-14(2)21(13)23(31)25-11-16(29)12-28-5-7-34(32,33)8-6-28/h3-4,9-10,16,26,29H,5-8,11-12H2,1-2H3,(H,25,31)(H,27,30)/t16-/m0/s1.